The average Bonchev–Trinajstić information content (AvgIpc) is 3.04. The summed E-state index contributed by atoms with van der Waals surface area (Å²) in [7, 11) is -3.70. The van der Waals surface area contributed by atoms with Crippen LogP contribution in [-0.2, 0) is 25.6 Å². The Morgan fingerprint density at radius 2 is 1.30 bits per heavy atom. The summed E-state index contributed by atoms with van der Waals surface area (Å²) in [6, 6.07) is 33.3. The lowest BCUT2D eigenvalue weighted by atomic mass is 9.80. The van der Waals surface area contributed by atoms with Crippen LogP contribution in [-0.4, -0.2) is 56.3 Å². The van der Waals surface area contributed by atoms with Gasteiger partial charge in [-0.3, -0.25) is 9.69 Å². The Bertz CT molecular complexity index is 1710. The highest BCUT2D eigenvalue weighted by Gasteiger charge is 2.32. The van der Waals surface area contributed by atoms with Gasteiger partial charge < -0.3 is 10.1 Å². The second kappa shape index (κ2) is 14.0. The van der Waals surface area contributed by atoms with Crippen molar-refractivity contribution in [2.45, 2.75) is 63.3 Å². The SMILES string of the molecule is CC(C)(C)c1ccc(OCC(=O)Nc2ccc(S(=O)(=O)N3CCN(C(c4ccccc4)c4ccccc4)CC3)cc2)c(C(C)(C)C)c1. The number of piperazine rings is 1. The molecule has 1 saturated heterocycles. The molecule has 5 rings (SSSR count). The monoisotopic (exact) mass is 653 g/mol. The van der Waals surface area contributed by atoms with Crippen molar-refractivity contribution in [2.24, 2.45) is 0 Å². The van der Waals surface area contributed by atoms with Crippen molar-refractivity contribution in [3.8, 4) is 5.75 Å². The Hall–Kier alpha value is -3.98. The number of benzene rings is 4. The minimum Gasteiger partial charge on any atom is -0.483 e. The fourth-order valence-electron chi connectivity index (χ4n) is 6.00. The van der Waals surface area contributed by atoms with E-state index in [1.54, 1.807) is 28.6 Å². The largest absolute Gasteiger partial charge is 0.483 e. The molecule has 1 aliphatic rings. The standard InChI is InChI=1S/C39H47N3O4S/c1-38(2,3)31-17-22-35(34(27-31)39(4,5)6)46-28-36(43)40-32-18-20-33(21-19-32)47(44,45)42-25-23-41(24-26-42)37(29-13-9-7-10-14-29)30-15-11-8-12-16-30/h7-22,27,37H,23-26,28H2,1-6H3,(H,40,43). The van der Waals surface area contributed by atoms with Gasteiger partial charge in [0.15, 0.2) is 6.61 Å². The molecule has 1 aliphatic heterocycles. The number of amides is 1. The third kappa shape index (κ3) is 8.30. The van der Waals surface area contributed by atoms with E-state index in [9.17, 15) is 13.2 Å². The first kappa shape index (κ1) is 34.4. The van der Waals surface area contributed by atoms with E-state index in [4.69, 9.17) is 4.74 Å². The lowest BCUT2D eigenvalue weighted by molar-refractivity contribution is -0.118. The highest BCUT2D eigenvalue weighted by Crippen LogP contribution is 2.36. The number of sulfonamides is 1. The number of rotatable bonds is 9. The van der Waals surface area contributed by atoms with Crippen LogP contribution in [0.3, 0.4) is 0 Å². The van der Waals surface area contributed by atoms with Crippen LogP contribution >= 0.6 is 0 Å². The molecule has 1 N–H and O–H groups in total. The lowest BCUT2D eigenvalue weighted by Gasteiger charge is -2.39. The minimum absolute atomic E-state index is 0.00229. The van der Waals surface area contributed by atoms with Crippen LogP contribution in [0.25, 0.3) is 0 Å². The molecule has 1 amide bonds. The quantitative estimate of drug-likeness (QED) is 0.204. The smallest absolute Gasteiger partial charge is 0.262 e. The van der Waals surface area contributed by atoms with Gasteiger partial charge in [0.2, 0.25) is 10.0 Å². The first-order chi connectivity index (χ1) is 22.2. The zero-order valence-corrected chi connectivity index (χ0v) is 29.2. The Morgan fingerprint density at radius 3 is 1.81 bits per heavy atom. The summed E-state index contributed by atoms with van der Waals surface area (Å²) in [4.78, 5) is 15.4. The van der Waals surface area contributed by atoms with Gasteiger partial charge in [-0.15, -0.1) is 0 Å². The molecule has 248 valence electrons. The van der Waals surface area contributed by atoms with Gasteiger partial charge in [0.1, 0.15) is 5.75 Å². The summed E-state index contributed by atoms with van der Waals surface area (Å²) >= 11 is 0. The fourth-order valence-corrected chi connectivity index (χ4v) is 7.42. The number of carbonyl (C=O) groups is 1. The number of hydrogen-bond acceptors (Lipinski definition) is 5. The van der Waals surface area contributed by atoms with E-state index in [1.807, 2.05) is 48.5 Å². The van der Waals surface area contributed by atoms with E-state index in [-0.39, 0.29) is 34.3 Å². The van der Waals surface area contributed by atoms with Crippen molar-refractivity contribution in [3.05, 3.63) is 125 Å². The maximum atomic E-state index is 13.6. The zero-order valence-electron chi connectivity index (χ0n) is 28.4. The topological polar surface area (TPSA) is 78.9 Å². The summed E-state index contributed by atoms with van der Waals surface area (Å²) in [5, 5.41) is 2.83. The molecule has 4 aromatic rings. The number of anilines is 1. The van der Waals surface area contributed by atoms with Gasteiger partial charge >= 0.3 is 0 Å². The molecule has 0 aliphatic carbocycles. The Morgan fingerprint density at radius 1 is 0.745 bits per heavy atom. The van der Waals surface area contributed by atoms with Crippen molar-refractivity contribution in [1.29, 1.82) is 0 Å². The maximum absolute atomic E-state index is 13.6. The van der Waals surface area contributed by atoms with Crippen molar-refractivity contribution in [2.75, 3.05) is 38.1 Å². The van der Waals surface area contributed by atoms with Gasteiger partial charge in [-0.2, -0.15) is 4.31 Å². The third-order valence-corrected chi connectivity index (χ3v) is 10.6. The Kier molecular flexibility index (Phi) is 10.2. The van der Waals surface area contributed by atoms with Gasteiger partial charge in [-0.05, 0) is 63.4 Å². The van der Waals surface area contributed by atoms with Crippen LogP contribution in [0.5, 0.6) is 5.75 Å². The molecule has 0 atom stereocenters. The first-order valence-corrected chi connectivity index (χ1v) is 17.7. The van der Waals surface area contributed by atoms with Crippen LogP contribution in [0.4, 0.5) is 5.69 Å². The van der Waals surface area contributed by atoms with Crippen molar-refractivity contribution in [3.63, 3.8) is 0 Å². The second-order valence-corrected chi connectivity index (χ2v) is 16.2. The summed E-state index contributed by atoms with van der Waals surface area (Å²) in [6.07, 6.45) is 0. The third-order valence-electron chi connectivity index (χ3n) is 8.66. The number of ether oxygens (including phenoxy) is 1. The van der Waals surface area contributed by atoms with Gasteiger partial charge in [0.05, 0.1) is 10.9 Å². The van der Waals surface area contributed by atoms with E-state index < -0.39 is 10.0 Å². The zero-order chi connectivity index (χ0) is 33.8. The number of carbonyl (C=O) groups excluding carboxylic acids is 1. The number of nitrogens with one attached hydrogen (secondary N) is 1. The van der Waals surface area contributed by atoms with E-state index >= 15 is 0 Å². The molecule has 0 radical (unpaired) electrons. The van der Waals surface area contributed by atoms with Crippen LogP contribution in [0.1, 0.15) is 69.8 Å². The van der Waals surface area contributed by atoms with Crippen molar-refractivity contribution >= 4 is 21.6 Å². The average molecular weight is 654 g/mol. The predicted molar refractivity (Wildman–Crippen MR) is 189 cm³/mol. The highest BCUT2D eigenvalue weighted by molar-refractivity contribution is 7.89. The van der Waals surface area contributed by atoms with Gasteiger partial charge in [-0.1, -0.05) is 114 Å². The second-order valence-electron chi connectivity index (χ2n) is 14.2. The predicted octanol–water partition coefficient (Wildman–Crippen LogP) is 7.40. The Labute approximate surface area is 280 Å². The molecular formula is C39H47N3O4S. The van der Waals surface area contributed by atoms with Gasteiger partial charge in [0, 0.05) is 31.9 Å². The molecular weight excluding hydrogens is 607 g/mol. The minimum atomic E-state index is -3.70. The molecule has 0 bridgehead atoms. The number of nitrogens with zero attached hydrogens (tertiary/aromatic N) is 2. The molecule has 1 fully saturated rings. The van der Waals surface area contributed by atoms with Crippen LogP contribution in [0.15, 0.2) is 108 Å². The molecule has 0 saturated carbocycles. The molecule has 8 heteroatoms. The van der Waals surface area contributed by atoms with Crippen LogP contribution in [0.2, 0.25) is 0 Å². The molecule has 1 heterocycles. The summed E-state index contributed by atoms with van der Waals surface area (Å²) < 4.78 is 34.7. The molecule has 7 nitrogen and oxygen atoms in total. The van der Waals surface area contributed by atoms with Crippen molar-refractivity contribution in [1.82, 2.24) is 9.21 Å². The molecule has 4 aromatic carbocycles. The summed E-state index contributed by atoms with van der Waals surface area (Å²) in [5.74, 6) is 0.365. The maximum Gasteiger partial charge on any atom is 0.262 e. The summed E-state index contributed by atoms with van der Waals surface area (Å²) in [6.45, 7) is 14.7. The van der Waals surface area contributed by atoms with Gasteiger partial charge in [-0.25, -0.2) is 8.42 Å². The summed E-state index contributed by atoms with van der Waals surface area (Å²) in [5.41, 5.74) is 4.97. The number of hydrogen-bond donors (Lipinski definition) is 1. The van der Waals surface area contributed by atoms with E-state index in [1.165, 1.54) is 16.7 Å². The van der Waals surface area contributed by atoms with Crippen LogP contribution < -0.4 is 10.1 Å². The van der Waals surface area contributed by atoms with E-state index in [0.29, 0.717) is 37.6 Å². The fraction of sp³-hybridized carbons (Fsp3) is 0.359. The molecule has 47 heavy (non-hydrogen) atoms. The molecule has 0 aromatic heterocycles. The normalized spacial score (nSPS) is 15.0. The first-order valence-electron chi connectivity index (χ1n) is 16.3. The lowest BCUT2D eigenvalue weighted by Crippen LogP contribution is -2.49. The molecule has 0 spiro atoms. The van der Waals surface area contributed by atoms with E-state index in [0.717, 1.165) is 5.56 Å². The van der Waals surface area contributed by atoms with E-state index in [2.05, 4.69) is 82.1 Å². The Balaban J connectivity index is 1.20. The van der Waals surface area contributed by atoms with Crippen LogP contribution in [0, 0.1) is 0 Å². The van der Waals surface area contributed by atoms with Gasteiger partial charge in [0.25, 0.3) is 5.91 Å². The van der Waals surface area contributed by atoms with Crippen molar-refractivity contribution < 1.29 is 17.9 Å². The highest BCUT2D eigenvalue weighted by atomic mass is 32.2. The molecule has 0 unspecified atom stereocenters.